The summed E-state index contributed by atoms with van der Waals surface area (Å²) in [6.45, 7) is 7.72. The predicted molar refractivity (Wildman–Crippen MR) is 97.7 cm³/mol. The SMILES string of the molecule is Cc1ccc(C)c(N(CCC(=O)N2CCCC(C)C2)S(C)(=O)=O)c1. The van der Waals surface area contributed by atoms with Crippen LogP contribution in [0.5, 0.6) is 0 Å². The molecule has 1 amide bonds. The molecule has 0 N–H and O–H groups in total. The van der Waals surface area contributed by atoms with Gasteiger partial charge in [0.1, 0.15) is 0 Å². The molecule has 1 aliphatic heterocycles. The summed E-state index contributed by atoms with van der Waals surface area (Å²) >= 11 is 0. The maximum atomic E-state index is 12.5. The Morgan fingerprint density at radius 1 is 1.33 bits per heavy atom. The van der Waals surface area contributed by atoms with Crippen molar-refractivity contribution in [2.24, 2.45) is 5.92 Å². The number of sulfonamides is 1. The monoisotopic (exact) mass is 352 g/mol. The Balaban J connectivity index is 2.13. The van der Waals surface area contributed by atoms with Gasteiger partial charge in [-0.05, 0) is 49.8 Å². The number of amides is 1. The van der Waals surface area contributed by atoms with Crippen LogP contribution in [0.4, 0.5) is 5.69 Å². The third kappa shape index (κ3) is 4.72. The highest BCUT2D eigenvalue weighted by molar-refractivity contribution is 7.92. The van der Waals surface area contributed by atoms with Crippen LogP contribution < -0.4 is 4.31 Å². The van der Waals surface area contributed by atoms with E-state index in [0.29, 0.717) is 11.6 Å². The van der Waals surface area contributed by atoms with E-state index in [9.17, 15) is 13.2 Å². The first kappa shape index (κ1) is 18.8. The summed E-state index contributed by atoms with van der Waals surface area (Å²) in [5.41, 5.74) is 2.56. The first-order chi connectivity index (χ1) is 11.2. The highest BCUT2D eigenvalue weighted by Gasteiger charge is 2.24. The average Bonchev–Trinajstić information content (AvgIpc) is 2.49. The summed E-state index contributed by atoms with van der Waals surface area (Å²) in [7, 11) is -3.43. The molecule has 1 unspecified atom stereocenters. The zero-order valence-corrected chi connectivity index (χ0v) is 15.9. The van der Waals surface area contributed by atoms with Gasteiger partial charge in [0.15, 0.2) is 0 Å². The van der Waals surface area contributed by atoms with Crippen molar-refractivity contribution >= 4 is 21.6 Å². The van der Waals surface area contributed by atoms with Gasteiger partial charge in [-0.25, -0.2) is 8.42 Å². The lowest BCUT2D eigenvalue weighted by molar-refractivity contribution is -0.132. The van der Waals surface area contributed by atoms with Crippen LogP contribution in [0.1, 0.15) is 37.3 Å². The molecule has 134 valence electrons. The molecule has 1 atom stereocenters. The van der Waals surface area contributed by atoms with Gasteiger partial charge in [-0.1, -0.05) is 19.1 Å². The summed E-state index contributed by atoms with van der Waals surface area (Å²) < 4.78 is 25.8. The number of hydrogen-bond acceptors (Lipinski definition) is 3. The molecular formula is C18H28N2O3S. The molecule has 5 nitrogen and oxygen atoms in total. The minimum absolute atomic E-state index is 0.0421. The summed E-state index contributed by atoms with van der Waals surface area (Å²) in [6, 6.07) is 5.74. The molecule has 1 aliphatic rings. The highest BCUT2D eigenvalue weighted by atomic mass is 32.2. The Hall–Kier alpha value is -1.56. The standard InChI is InChI=1S/C18H28N2O3S/c1-14-7-8-16(3)17(12-14)20(24(4,22)23)11-9-18(21)19-10-5-6-15(2)13-19/h7-8,12,15H,5-6,9-11,13H2,1-4H3. The number of hydrogen-bond donors (Lipinski definition) is 0. The average molecular weight is 353 g/mol. The Morgan fingerprint density at radius 3 is 2.67 bits per heavy atom. The lowest BCUT2D eigenvalue weighted by atomic mass is 10.00. The molecule has 1 aromatic rings. The van der Waals surface area contributed by atoms with Crippen LogP contribution in [-0.4, -0.2) is 45.1 Å². The minimum Gasteiger partial charge on any atom is -0.342 e. The fourth-order valence-electron chi connectivity index (χ4n) is 3.22. The van der Waals surface area contributed by atoms with Gasteiger partial charge in [0.25, 0.3) is 0 Å². The van der Waals surface area contributed by atoms with Crippen LogP contribution >= 0.6 is 0 Å². The molecule has 0 spiro atoms. The fourth-order valence-corrected chi connectivity index (χ4v) is 4.20. The largest absolute Gasteiger partial charge is 0.342 e. The second-order valence-electron chi connectivity index (χ2n) is 6.96. The molecule has 2 rings (SSSR count). The maximum Gasteiger partial charge on any atom is 0.232 e. The summed E-state index contributed by atoms with van der Waals surface area (Å²) in [4.78, 5) is 14.3. The molecule has 1 saturated heterocycles. The van der Waals surface area contributed by atoms with E-state index in [1.165, 1.54) is 10.6 Å². The van der Waals surface area contributed by atoms with Crippen molar-refractivity contribution < 1.29 is 13.2 Å². The molecule has 1 aromatic carbocycles. The maximum absolute atomic E-state index is 12.5. The topological polar surface area (TPSA) is 57.7 Å². The van der Waals surface area contributed by atoms with Gasteiger partial charge in [-0.2, -0.15) is 0 Å². The van der Waals surface area contributed by atoms with Gasteiger partial charge in [0, 0.05) is 26.1 Å². The van der Waals surface area contributed by atoms with Crippen molar-refractivity contribution in [3.05, 3.63) is 29.3 Å². The van der Waals surface area contributed by atoms with Gasteiger partial charge >= 0.3 is 0 Å². The van der Waals surface area contributed by atoms with E-state index in [1.54, 1.807) is 0 Å². The van der Waals surface area contributed by atoms with Gasteiger partial charge in [0.2, 0.25) is 15.9 Å². The molecule has 0 radical (unpaired) electrons. The van der Waals surface area contributed by atoms with E-state index in [1.807, 2.05) is 36.9 Å². The van der Waals surface area contributed by atoms with Crippen molar-refractivity contribution in [3.8, 4) is 0 Å². The predicted octanol–water partition coefficient (Wildman–Crippen LogP) is 2.72. The van der Waals surface area contributed by atoms with E-state index in [0.717, 1.165) is 37.1 Å². The minimum atomic E-state index is -3.43. The summed E-state index contributed by atoms with van der Waals surface area (Å²) in [5.74, 6) is 0.563. The van der Waals surface area contributed by atoms with Gasteiger partial charge in [-0.3, -0.25) is 9.10 Å². The first-order valence-electron chi connectivity index (χ1n) is 8.51. The number of anilines is 1. The zero-order chi connectivity index (χ0) is 17.9. The molecule has 0 saturated carbocycles. The van der Waals surface area contributed by atoms with Crippen LogP contribution in [0.3, 0.4) is 0 Å². The van der Waals surface area contributed by atoms with Gasteiger partial charge < -0.3 is 4.90 Å². The fraction of sp³-hybridized carbons (Fsp3) is 0.611. The number of nitrogens with zero attached hydrogens (tertiary/aromatic N) is 2. The van der Waals surface area contributed by atoms with E-state index < -0.39 is 10.0 Å². The van der Waals surface area contributed by atoms with E-state index >= 15 is 0 Å². The third-order valence-corrected chi connectivity index (χ3v) is 5.75. The third-order valence-electron chi connectivity index (χ3n) is 4.57. The van der Waals surface area contributed by atoms with Crippen molar-refractivity contribution in [2.75, 3.05) is 30.2 Å². The van der Waals surface area contributed by atoms with Crippen molar-refractivity contribution in [2.45, 2.75) is 40.0 Å². The Labute approximate surface area is 145 Å². The first-order valence-corrected chi connectivity index (χ1v) is 10.4. The number of carbonyl (C=O) groups is 1. The normalized spacial score (nSPS) is 18.5. The molecule has 0 aromatic heterocycles. The van der Waals surface area contributed by atoms with Crippen LogP contribution in [-0.2, 0) is 14.8 Å². The highest BCUT2D eigenvalue weighted by Crippen LogP contribution is 2.24. The van der Waals surface area contributed by atoms with Crippen molar-refractivity contribution in [1.29, 1.82) is 0 Å². The van der Waals surface area contributed by atoms with Crippen LogP contribution in [0.2, 0.25) is 0 Å². The second kappa shape index (κ2) is 7.55. The number of rotatable bonds is 5. The Bertz CT molecular complexity index is 700. The smallest absolute Gasteiger partial charge is 0.232 e. The van der Waals surface area contributed by atoms with Gasteiger partial charge in [0.05, 0.1) is 11.9 Å². The second-order valence-corrected chi connectivity index (χ2v) is 8.87. The Kier molecular flexibility index (Phi) is 5.91. The molecule has 0 aliphatic carbocycles. The number of aryl methyl sites for hydroxylation is 2. The van der Waals surface area contributed by atoms with Crippen molar-refractivity contribution in [1.82, 2.24) is 4.90 Å². The lowest BCUT2D eigenvalue weighted by Crippen LogP contribution is -2.41. The molecular weight excluding hydrogens is 324 g/mol. The molecule has 6 heteroatoms. The summed E-state index contributed by atoms with van der Waals surface area (Å²) in [6.07, 6.45) is 3.59. The van der Waals surface area contributed by atoms with Crippen LogP contribution in [0.15, 0.2) is 18.2 Å². The molecule has 24 heavy (non-hydrogen) atoms. The van der Waals surface area contributed by atoms with E-state index in [4.69, 9.17) is 0 Å². The van der Waals surface area contributed by atoms with Crippen LogP contribution in [0.25, 0.3) is 0 Å². The van der Waals surface area contributed by atoms with Gasteiger partial charge in [-0.15, -0.1) is 0 Å². The van der Waals surface area contributed by atoms with E-state index in [-0.39, 0.29) is 18.9 Å². The summed E-state index contributed by atoms with van der Waals surface area (Å²) in [5, 5.41) is 0. The zero-order valence-electron chi connectivity index (χ0n) is 15.1. The number of carbonyl (C=O) groups excluding carboxylic acids is 1. The van der Waals surface area contributed by atoms with E-state index in [2.05, 4.69) is 6.92 Å². The number of piperidine rings is 1. The molecule has 1 fully saturated rings. The molecule has 1 heterocycles. The molecule has 0 bridgehead atoms. The van der Waals surface area contributed by atoms with Crippen LogP contribution in [0, 0.1) is 19.8 Å². The van der Waals surface area contributed by atoms with Crippen molar-refractivity contribution in [3.63, 3.8) is 0 Å². The quantitative estimate of drug-likeness (QED) is 0.819. The number of benzene rings is 1. The number of likely N-dealkylation sites (tertiary alicyclic amines) is 1. The lowest BCUT2D eigenvalue weighted by Gasteiger charge is -2.32. The Morgan fingerprint density at radius 2 is 2.04 bits per heavy atom.